The van der Waals surface area contributed by atoms with Crippen LogP contribution < -0.4 is 16.4 Å². The van der Waals surface area contributed by atoms with Crippen molar-refractivity contribution in [1.29, 1.82) is 0 Å². The van der Waals surface area contributed by atoms with E-state index in [2.05, 4.69) is 10.6 Å². The lowest BCUT2D eigenvalue weighted by atomic mass is 9.81. The highest BCUT2D eigenvalue weighted by atomic mass is 16.2. The summed E-state index contributed by atoms with van der Waals surface area (Å²) in [5, 5.41) is 5.88. The molecule has 2 rings (SSSR count). The Hall–Kier alpha value is -1.88. The molecule has 1 aliphatic heterocycles. The number of nitrogens with two attached hydrogens (primary N) is 1. The molecule has 1 aromatic rings. The molecule has 0 saturated heterocycles. The summed E-state index contributed by atoms with van der Waals surface area (Å²) in [6.07, 6.45) is 3.63. The second-order valence-corrected chi connectivity index (χ2v) is 5.92. The van der Waals surface area contributed by atoms with Crippen LogP contribution in [0.3, 0.4) is 0 Å². The first-order chi connectivity index (χ1) is 10.5. The molecule has 1 aromatic carbocycles. The summed E-state index contributed by atoms with van der Waals surface area (Å²) in [6.45, 7) is 4.32. The second kappa shape index (κ2) is 6.92. The van der Waals surface area contributed by atoms with Crippen molar-refractivity contribution in [2.75, 3.05) is 17.2 Å². The van der Waals surface area contributed by atoms with E-state index in [1.807, 2.05) is 32.0 Å². The molecule has 4 N–H and O–H groups in total. The second-order valence-electron chi connectivity index (χ2n) is 5.92. The first kappa shape index (κ1) is 16.5. The van der Waals surface area contributed by atoms with E-state index in [0.717, 1.165) is 29.8 Å². The van der Waals surface area contributed by atoms with Crippen molar-refractivity contribution in [1.82, 2.24) is 0 Å². The number of fused-ring (bicyclic) bond motifs is 1. The zero-order valence-electron chi connectivity index (χ0n) is 13.4. The summed E-state index contributed by atoms with van der Waals surface area (Å²) >= 11 is 0. The van der Waals surface area contributed by atoms with Gasteiger partial charge in [-0.2, -0.15) is 0 Å². The maximum atomic E-state index is 12.6. The van der Waals surface area contributed by atoms with Gasteiger partial charge in [0, 0.05) is 24.3 Å². The minimum absolute atomic E-state index is 0.0300. The predicted molar refractivity (Wildman–Crippen MR) is 88.7 cm³/mol. The molecule has 5 nitrogen and oxygen atoms in total. The van der Waals surface area contributed by atoms with Gasteiger partial charge in [-0.1, -0.05) is 13.8 Å². The minimum Gasteiger partial charge on any atom is -0.329 e. The summed E-state index contributed by atoms with van der Waals surface area (Å²) in [5.74, 6) is 0.0206. The lowest BCUT2D eigenvalue weighted by Gasteiger charge is -2.28. The van der Waals surface area contributed by atoms with Gasteiger partial charge in [0.25, 0.3) is 0 Å². The van der Waals surface area contributed by atoms with Gasteiger partial charge in [-0.15, -0.1) is 0 Å². The monoisotopic (exact) mass is 303 g/mol. The average Bonchev–Trinajstić information content (AvgIpc) is 2.70. The van der Waals surface area contributed by atoms with Crippen LogP contribution in [-0.4, -0.2) is 18.4 Å². The van der Waals surface area contributed by atoms with Gasteiger partial charge in [0.1, 0.15) is 0 Å². The van der Waals surface area contributed by atoms with Gasteiger partial charge in [-0.3, -0.25) is 9.59 Å². The fraction of sp³-hybridized carbons (Fsp3) is 0.529. The standard InChI is InChI=1S/C17H25N3O2/c1-3-17(4-2,11-18)16(22)19-13-8-9-14-12(10-13)6-5-7-15(21)20-14/h8-10H,3-7,11,18H2,1-2H3,(H,19,22)(H,20,21). The molecule has 0 unspecified atom stereocenters. The Labute approximate surface area is 131 Å². The molecule has 0 saturated carbocycles. The number of hydrogen-bond acceptors (Lipinski definition) is 3. The van der Waals surface area contributed by atoms with E-state index in [4.69, 9.17) is 5.73 Å². The van der Waals surface area contributed by atoms with Crippen molar-refractivity contribution < 1.29 is 9.59 Å². The number of aryl methyl sites for hydroxylation is 1. The number of carbonyl (C=O) groups excluding carboxylic acids is 2. The molecular formula is C17H25N3O2. The highest BCUT2D eigenvalue weighted by Gasteiger charge is 2.33. The zero-order chi connectivity index (χ0) is 16.2. The maximum Gasteiger partial charge on any atom is 0.231 e. The van der Waals surface area contributed by atoms with Crippen LogP contribution in [0.4, 0.5) is 11.4 Å². The van der Waals surface area contributed by atoms with E-state index >= 15 is 0 Å². The molecule has 0 radical (unpaired) electrons. The van der Waals surface area contributed by atoms with Crippen LogP contribution >= 0.6 is 0 Å². The first-order valence-corrected chi connectivity index (χ1v) is 7.99. The van der Waals surface area contributed by atoms with Crippen molar-refractivity contribution in [3.63, 3.8) is 0 Å². The highest BCUT2D eigenvalue weighted by molar-refractivity contribution is 5.97. The summed E-state index contributed by atoms with van der Waals surface area (Å²) in [5.41, 5.74) is 7.98. The fourth-order valence-electron chi connectivity index (χ4n) is 2.87. The third kappa shape index (κ3) is 3.30. The van der Waals surface area contributed by atoms with E-state index in [1.165, 1.54) is 0 Å². The number of anilines is 2. The number of carbonyl (C=O) groups is 2. The summed E-state index contributed by atoms with van der Waals surface area (Å²) < 4.78 is 0. The van der Waals surface area contributed by atoms with Crippen LogP contribution in [0.2, 0.25) is 0 Å². The van der Waals surface area contributed by atoms with E-state index in [0.29, 0.717) is 25.8 Å². The Morgan fingerprint density at radius 2 is 2.05 bits per heavy atom. The molecule has 1 aliphatic rings. The lowest BCUT2D eigenvalue weighted by Crippen LogP contribution is -2.41. The molecule has 2 amide bonds. The number of hydrogen-bond donors (Lipinski definition) is 3. The van der Waals surface area contributed by atoms with Crippen LogP contribution in [0, 0.1) is 5.41 Å². The smallest absolute Gasteiger partial charge is 0.231 e. The van der Waals surface area contributed by atoms with Crippen LogP contribution in [0.1, 0.15) is 45.1 Å². The molecule has 1 heterocycles. The van der Waals surface area contributed by atoms with Crippen molar-refractivity contribution in [3.05, 3.63) is 23.8 Å². The number of amides is 2. The molecule has 5 heteroatoms. The summed E-state index contributed by atoms with van der Waals surface area (Å²) in [7, 11) is 0. The molecule has 0 atom stereocenters. The molecular weight excluding hydrogens is 278 g/mol. The van der Waals surface area contributed by atoms with E-state index in [9.17, 15) is 9.59 Å². The van der Waals surface area contributed by atoms with Crippen molar-refractivity contribution in [2.24, 2.45) is 11.1 Å². The molecule has 120 valence electrons. The van der Waals surface area contributed by atoms with Gasteiger partial charge in [0.05, 0.1) is 5.41 Å². The maximum absolute atomic E-state index is 12.6. The number of rotatable bonds is 5. The van der Waals surface area contributed by atoms with Gasteiger partial charge >= 0.3 is 0 Å². The molecule has 0 aromatic heterocycles. The van der Waals surface area contributed by atoms with Gasteiger partial charge in [0.15, 0.2) is 0 Å². The predicted octanol–water partition coefficient (Wildman–Crippen LogP) is 2.67. The van der Waals surface area contributed by atoms with Crippen molar-refractivity contribution >= 4 is 23.2 Å². The summed E-state index contributed by atoms with van der Waals surface area (Å²) in [6, 6.07) is 5.64. The Morgan fingerprint density at radius 3 is 2.68 bits per heavy atom. The highest BCUT2D eigenvalue weighted by Crippen LogP contribution is 2.29. The van der Waals surface area contributed by atoms with E-state index < -0.39 is 5.41 Å². The molecule has 0 bridgehead atoms. The Bertz CT molecular complexity index is 557. The largest absolute Gasteiger partial charge is 0.329 e. The van der Waals surface area contributed by atoms with E-state index in [1.54, 1.807) is 0 Å². The normalized spacial score (nSPS) is 14.8. The van der Waals surface area contributed by atoms with Crippen LogP contribution in [-0.2, 0) is 16.0 Å². The number of benzene rings is 1. The Kier molecular flexibility index (Phi) is 5.19. The van der Waals surface area contributed by atoms with Crippen LogP contribution in [0.15, 0.2) is 18.2 Å². The Morgan fingerprint density at radius 1 is 1.32 bits per heavy atom. The molecule has 0 spiro atoms. The van der Waals surface area contributed by atoms with Crippen molar-refractivity contribution in [3.8, 4) is 0 Å². The van der Waals surface area contributed by atoms with Crippen LogP contribution in [0.25, 0.3) is 0 Å². The van der Waals surface area contributed by atoms with Crippen LogP contribution in [0.5, 0.6) is 0 Å². The average molecular weight is 303 g/mol. The van der Waals surface area contributed by atoms with Gasteiger partial charge < -0.3 is 16.4 Å². The summed E-state index contributed by atoms with van der Waals surface area (Å²) in [4.78, 5) is 24.1. The minimum atomic E-state index is -0.513. The third-order valence-electron chi connectivity index (χ3n) is 4.71. The molecule has 0 aliphatic carbocycles. The molecule has 22 heavy (non-hydrogen) atoms. The zero-order valence-corrected chi connectivity index (χ0v) is 13.4. The van der Waals surface area contributed by atoms with Crippen molar-refractivity contribution in [2.45, 2.75) is 46.0 Å². The third-order valence-corrected chi connectivity index (χ3v) is 4.71. The molecule has 0 fully saturated rings. The SMILES string of the molecule is CCC(CC)(CN)C(=O)Nc1ccc2c(c1)CCCC(=O)N2. The fourth-order valence-corrected chi connectivity index (χ4v) is 2.87. The Balaban J connectivity index is 2.19. The first-order valence-electron chi connectivity index (χ1n) is 7.99. The van der Waals surface area contributed by atoms with Gasteiger partial charge in [-0.05, 0) is 49.4 Å². The quantitative estimate of drug-likeness (QED) is 0.782. The topological polar surface area (TPSA) is 84.2 Å². The lowest BCUT2D eigenvalue weighted by molar-refractivity contribution is -0.125. The number of nitrogens with one attached hydrogen (secondary N) is 2. The van der Waals surface area contributed by atoms with E-state index in [-0.39, 0.29) is 11.8 Å². The van der Waals surface area contributed by atoms with Gasteiger partial charge in [-0.25, -0.2) is 0 Å². The van der Waals surface area contributed by atoms with Gasteiger partial charge in [0.2, 0.25) is 11.8 Å².